The van der Waals surface area contributed by atoms with Gasteiger partial charge in [0, 0.05) is 45.1 Å². The summed E-state index contributed by atoms with van der Waals surface area (Å²) in [7, 11) is 0. The molecule has 0 bridgehead atoms. The van der Waals surface area contributed by atoms with E-state index in [2.05, 4.69) is 10.6 Å². The Morgan fingerprint density at radius 1 is 1.24 bits per heavy atom. The molecule has 0 aliphatic carbocycles. The van der Waals surface area contributed by atoms with E-state index in [0.29, 0.717) is 32.6 Å². The molecule has 2 saturated heterocycles. The third kappa shape index (κ3) is 6.63. The van der Waals surface area contributed by atoms with Gasteiger partial charge < -0.3 is 20.3 Å². The molecule has 0 spiro atoms. The topological polar surface area (TPSA) is 70.7 Å². The number of carbonyl (C=O) groups excluding carboxylic acids is 2. The van der Waals surface area contributed by atoms with Gasteiger partial charge in [-0.15, -0.1) is 12.4 Å². The molecule has 2 fully saturated rings. The van der Waals surface area contributed by atoms with Crippen molar-refractivity contribution in [2.45, 2.75) is 38.1 Å². The fourth-order valence-corrected chi connectivity index (χ4v) is 2.66. The molecule has 1 unspecified atom stereocenters. The molecule has 7 heteroatoms. The van der Waals surface area contributed by atoms with Crippen LogP contribution in [0.2, 0.25) is 0 Å². The molecule has 6 nitrogen and oxygen atoms in total. The highest BCUT2D eigenvalue weighted by molar-refractivity contribution is 5.85. The van der Waals surface area contributed by atoms with Gasteiger partial charge in [0.25, 0.3) is 0 Å². The lowest BCUT2D eigenvalue weighted by molar-refractivity contribution is -0.132. The summed E-state index contributed by atoms with van der Waals surface area (Å²) in [6.07, 6.45) is 4.24. The van der Waals surface area contributed by atoms with Crippen molar-refractivity contribution in [3.05, 3.63) is 0 Å². The third-order valence-electron chi connectivity index (χ3n) is 3.80. The lowest BCUT2D eigenvalue weighted by atomic mass is 10.1. The first-order valence-corrected chi connectivity index (χ1v) is 7.61. The van der Waals surface area contributed by atoms with Crippen molar-refractivity contribution in [1.29, 1.82) is 0 Å². The van der Waals surface area contributed by atoms with Gasteiger partial charge in [0.2, 0.25) is 11.8 Å². The molecule has 1 atom stereocenters. The molecular weight excluding hydrogens is 294 g/mol. The first-order valence-electron chi connectivity index (χ1n) is 7.61. The Hall–Kier alpha value is -0.850. The van der Waals surface area contributed by atoms with E-state index in [-0.39, 0.29) is 30.3 Å². The molecular formula is C14H26ClN3O3. The number of nitrogens with one attached hydrogen (secondary N) is 2. The summed E-state index contributed by atoms with van der Waals surface area (Å²) in [4.78, 5) is 25.6. The molecule has 0 aromatic carbocycles. The fourth-order valence-electron chi connectivity index (χ4n) is 2.66. The van der Waals surface area contributed by atoms with E-state index in [1.54, 1.807) is 0 Å². The van der Waals surface area contributed by atoms with Crippen molar-refractivity contribution in [2.75, 3.05) is 39.4 Å². The van der Waals surface area contributed by atoms with Gasteiger partial charge in [-0.05, 0) is 19.3 Å². The van der Waals surface area contributed by atoms with Crippen molar-refractivity contribution in [2.24, 2.45) is 0 Å². The minimum atomic E-state index is -0.0144. The van der Waals surface area contributed by atoms with Gasteiger partial charge in [-0.3, -0.25) is 9.59 Å². The van der Waals surface area contributed by atoms with Gasteiger partial charge in [0.1, 0.15) is 0 Å². The zero-order chi connectivity index (χ0) is 14.2. The van der Waals surface area contributed by atoms with E-state index < -0.39 is 0 Å². The summed E-state index contributed by atoms with van der Waals surface area (Å²) >= 11 is 0. The van der Waals surface area contributed by atoms with Crippen LogP contribution in [-0.2, 0) is 14.3 Å². The highest BCUT2D eigenvalue weighted by Gasteiger charge is 2.18. The zero-order valence-electron chi connectivity index (χ0n) is 12.4. The van der Waals surface area contributed by atoms with Crippen LogP contribution in [0.5, 0.6) is 0 Å². The number of morpholine rings is 1. The van der Waals surface area contributed by atoms with E-state index in [9.17, 15) is 9.59 Å². The van der Waals surface area contributed by atoms with Gasteiger partial charge in [-0.2, -0.15) is 0 Å². The molecule has 2 amide bonds. The maximum Gasteiger partial charge on any atom is 0.224 e. The molecule has 122 valence electrons. The van der Waals surface area contributed by atoms with Crippen LogP contribution in [0.1, 0.15) is 32.1 Å². The average Bonchev–Trinajstić information content (AvgIpc) is 2.49. The Balaban J connectivity index is 0.00000220. The average molecular weight is 320 g/mol. The number of piperidine rings is 1. The normalized spacial score (nSPS) is 22.3. The summed E-state index contributed by atoms with van der Waals surface area (Å²) in [5, 5.41) is 6.06. The minimum Gasteiger partial charge on any atom is -0.378 e. The molecule has 0 saturated carbocycles. The molecule has 2 N–H and O–H groups in total. The summed E-state index contributed by atoms with van der Waals surface area (Å²) in [5.41, 5.74) is 0. The smallest absolute Gasteiger partial charge is 0.224 e. The maximum atomic E-state index is 11.9. The molecule has 2 rings (SSSR count). The molecule has 2 heterocycles. The zero-order valence-corrected chi connectivity index (χ0v) is 13.3. The fraction of sp³-hybridized carbons (Fsp3) is 0.857. The number of likely N-dealkylation sites (tertiary alicyclic amines) is 1. The summed E-state index contributed by atoms with van der Waals surface area (Å²) in [5.74, 6) is 0.142. The Morgan fingerprint density at radius 2 is 2.00 bits per heavy atom. The van der Waals surface area contributed by atoms with Gasteiger partial charge in [0.05, 0.1) is 13.2 Å². The van der Waals surface area contributed by atoms with Crippen LogP contribution < -0.4 is 10.6 Å². The van der Waals surface area contributed by atoms with Crippen LogP contribution >= 0.6 is 12.4 Å². The van der Waals surface area contributed by atoms with Crippen LogP contribution in [0.25, 0.3) is 0 Å². The number of amides is 2. The molecule has 2 aliphatic rings. The Bertz CT molecular complexity index is 329. The third-order valence-corrected chi connectivity index (χ3v) is 3.80. The summed E-state index contributed by atoms with van der Waals surface area (Å²) in [6.45, 7) is 4.27. The van der Waals surface area contributed by atoms with Gasteiger partial charge >= 0.3 is 0 Å². The van der Waals surface area contributed by atoms with Gasteiger partial charge in [-0.25, -0.2) is 0 Å². The van der Waals surface area contributed by atoms with E-state index in [1.165, 1.54) is 6.42 Å². The van der Waals surface area contributed by atoms with Gasteiger partial charge in [0.15, 0.2) is 0 Å². The molecule has 0 radical (unpaired) electrons. The number of nitrogens with zero attached hydrogens (tertiary/aromatic N) is 1. The highest BCUT2D eigenvalue weighted by atomic mass is 35.5. The first-order chi connectivity index (χ1) is 9.75. The second-order valence-electron chi connectivity index (χ2n) is 5.47. The van der Waals surface area contributed by atoms with Crippen LogP contribution in [0.4, 0.5) is 0 Å². The SMILES string of the molecule is Cl.O=C(CC1COCCN1)NCCC(=O)N1CCCCC1. The second-order valence-corrected chi connectivity index (χ2v) is 5.47. The van der Waals surface area contributed by atoms with Crippen molar-refractivity contribution >= 4 is 24.2 Å². The van der Waals surface area contributed by atoms with Crippen LogP contribution in [0.15, 0.2) is 0 Å². The van der Waals surface area contributed by atoms with E-state index in [4.69, 9.17) is 4.74 Å². The molecule has 0 aromatic rings. The van der Waals surface area contributed by atoms with E-state index >= 15 is 0 Å². The monoisotopic (exact) mass is 319 g/mol. The largest absolute Gasteiger partial charge is 0.378 e. The molecule has 0 aromatic heterocycles. The van der Waals surface area contributed by atoms with E-state index in [1.807, 2.05) is 4.90 Å². The maximum absolute atomic E-state index is 11.9. The lowest BCUT2D eigenvalue weighted by Gasteiger charge is -2.27. The molecule has 2 aliphatic heterocycles. The molecule has 21 heavy (non-hydrogen) atoms. The predicted octanol–water partition coefficient (Wildman–Crippen LogP) is 0.306. The van der Waals surface area contributed by atoms with Crippen LogP contribution in [0, 0.1) is 0 Å². The van der Waals surface area contributed by atoms with Gasteiger partial charge in [-0.1, -0.05) is 0 Å². The van der Waals surface area contributed by atoms with Crippen molar-refractivity contribution in [3.63, 3.8) is 0 Å². The van der Waals surface area contributed by atoms with E-state index in [0.717, 1.165) is 32.5 Å². The van der Waals surface area contributed by atoms with Crippen molar-refractivity contribution < 1.29 is 14.3 Å². The quantitative estimate of drug-likeness (QED) is 0.765. The summed E-state index contributed by atoms with van der Waals surface area (Å²) in [6, 6.07) is 0.0987. The number of carbonyl (C=O) groups is 2. The predicted molar refractivity (Wildman–Crippen MR) is 82.5 cm³/mol. The Morgan fingerprint density at radius 3 is 2.67 bits per heavy atom. The minimum absolute atomic E-state index is 0. The lowest BCUT2D eigenvalue weighted by Crippen LogP contribution is -2.44. The van der Waals surface area contributed by atoms with Crippen molar-refractivity contribution in [3.8, 4) is 0 Å². The Labute approximate surface area is 132 Å². The highest BCUT2D eigenvalue weighted by Crippen LogP contribution is 2.09. The van der Waals surface area contributed by atoms with Crippen LogP contribution in [0.3, 0.4) is 0 Å². The standard InChI is InChI=1S/C14H25N3O3.ClH/c18-13(10-12-11-20-9-6-15-12)16-5-4-14(19)17-7-2-1-3-8-17;/h12,15H,1-11H2,(H,16,18);1H. The number of rotatable bonds is 5. The first kappa shape index (κ1) is 18.2. The number of ether oxygens (including phenoxy) is 1. The Kier molecular flexibility index (Phi) is 8.64. The van der Waals surface area contributed by atoms with Crippen molar-refractivity contribution in [1.82, 2.24) is 15.5 Å². The second kappa shape index (κ2) is 9.97. The number of hydrogen-bond donors (Lipinski definition) is 2. The van der Waals surface area contributed by atoms with Crippen LogP contribution in [-0.4, -0.2) is 62.1 Å². The number of halogens is 1. The summed E-state index contributed by atoms with van der Waals surface area (Å²) < 4.78 is 5.30. The number of hydrogen-bond acceptors (Lipinski definition) is 4.